The Labute approximate surface area is 167 Å². The molecule has 3 aromatic carbocycles. The topological polar surface area (TPSA) is 39.9 Å². The van der Waals surface area contributed by atoms with Crippen molar-refractivity contribution in [2.75, 3.05) is 6.61 Å². The third kappa shape index (κ3) is 3.62. The zero-order chi connectivity index (χ0) is 19.5. The fourth-order valence-electron chi connectivity index (χ4n) is 2.96. The van der Waals surface area contributed by atoms with Crippen molar-refractivity contribution in [1.29, 1.82) is 0 Å². The zero-order valence-corrected chi connectivity index (χ0v) is 15.9. The van der Waals surface area contributed by atoms with E-state index in [0.717, 1.165) is 22.6 Å². The largest absolute Gasteiger partial charge is 0.494 e. The van der Waals surface area contributed by atoms with Crippen LogP contribution in [0.3, 0.4) is 0 Å². The van der Waals surface area contributed by atoms with Crippen LogP contribution in [0.2, 0.25) is 5.02 Å². The minimum Gasteiger partial charge on any atom is -0.494 e. The van der Waals surface area contributed by atoms with E-state index in [2.05, 4.69) is 10.2 Å². The number of nitrogens with zero attached hydrogens (tertiary/aromatic N) is 3. The molecule has 28 heavy (non-hydrogen) atoms. The smallest absolute Gasteiger partial charge is 0.168 e. The molecule has 4 rings (SSSR count). The molecular formula is C22H17ClFN3O. The summed E-state index contributed by atoms with van der Waals surface area (Å²) in [5, 5.41) is 9.44. The Balaban J connectivity index is 1.86. The van der Waals surface area contributed by atoms with Crippen LogP contribution < -0.4 is 4.74 Å². The van der Waals surface area contributed by atoms with Crippen molar-refractivity contribution in [3.05, 3.63) is 83.6 Å². The Hall–Kier alpha value is -3.18. The van der Waals surface area contributed by atoms with E-state index in [1.54, 1.807) is 24.3 Å². The van der Waals surface area contributed by atoms with Crippen molar-refractivity contribution in [3.8, 4) is 34.2 Å². The number of rotatable bonds is 5. The van der Waals surface area contributed by atoms with Crippen LogP contribution in [0.1, 0.15) is 6.92 Å². The van der Waals surface area contributed by atoms with Gasteiger partial charge in [-0.1, -0.05) is 11.6 Å². The lowest BCUT2D eigenvalue weighted by Gasteiger charge is -2.11. The number of hydrogen-bond donors (Lipinski definition) is 0. The molecule has 0 bridgehead atoms. The van der Waals surface area contributed by atoms with E-state index in [0.29, 0.717) is 23.3 Å². The maximum Gasteiger partial charge on any atom is 0.168 e. The van der Waals surface area contributed by atoms with Gasteiger partial charge in [-0.05, 0) is 79.7 Å². The molecule has 0 unspecified atom stereocenters. The first-order valence-corrected chi connectivity index (χ1v) is 9.24. The monoisotopic (exact) mass is 393 g/mol. The molecule has 1 heterocycles. The van der Waals surface area contributed by atoms with Crippen LogP contribution in [-0.4, -0.2) is 21.4 Å². The molecule has 4 nitrogen and oxygen atoms in total. The van der Waals surface area contributed by atoms with Crippen LogP contribution in [0.5, 0.6) is 5.75 Å². The van der Waals surface area contributed by atoms with E-state index in [9.17, 15) is 4.39 Å². The second kappa shape index (κ2) is 7.82. The third-order valence-electron chi connectivity index (χ3n) is 4.27. The minimum absolute atomic E-state index is 0.299. The van der Waals surface area contributed by atoms with E-state index in [1.165, 1.54) is 12.1 Å². The molecule has 0 N–H and O–H groups in total. The minimum atomic E-state index is -0.299. The molecule has 0 saturated carbocycles. The summed E-state index contributed by atoms with van der Waals surface area (Å²) in [7, 11) is 0. The van der Waals surface area contributed by atoms with Crippen LogP contribution >= 0.6 is 11.6 Å². The summed E-state index contributed by atoms with van der Waals surface area (Å²) in [6.07, 6.45) is 0. The first-order valence-electron chi connectivity index (χ1n) is 8.86. The van der Waals surface area contributed by atoms with Gasteiger partial charge in [-0.15, -0.1) is 10.2 Å². The van der Waals surface area contributed by atoms with Gasteiger partial charge < -0.3 is 4.74 Å². The Kier molecular flexibility index (Phi) is 5.08. The van der Waals surface area contributed by atoms with Crippen molar-refractivity contribution < 1.29 is 9.13 Å². The highest BCUT2D eigenvalue weighted by Crippen LogP contribution is 2.30. The summed E-state index contributed by atoms with van der Waals surface area (Å²) >= 11 is 6.02. The molecule has 4 aromatic rings. The number of halogens is 2. The Morgan fingerprint density at radius 2 is 1.36 bits per heavy atom. The third-order valence-corrected chi connectivity index (χ3v) is 4.53. The van der Waals surface area contributed by atoms with Crippen LogP contribution in [0.25, 0.3) is 28.5 Å². The number of aromatic nitrogens is 3. The SMILES string of the molecule is CCOc1ccc(-c2nnc(-c3ccc(Cl)cc3)n2-c2ccc(F)cc2)cc1. The molecule has 0 fully saturated rings. The van der Waals surface area contributed by atoms with E-state index in [-0.39, 0.29) is 5.82 Å². The average molecular weight is 394 g/mol. The van der Waals surface area contributed by atoms with E-state index in [1.807, 2.05) is 47.9 Å². The standard InChI is InChI=1S/C22H17ClFN3O/c1-2-28-20-13-5-16(6-14-20)22-26-25-21(15-3-7-17(23)8-4-15)27(22)19-11-9-18(24)10-12-19/h3-14H,2H2,1H3. The van der Waals surface area contributed by atoms with Gasteiger partial charge in [-0.2, -0.15) is 0 Å². The quantitative estimate of drug-likeness (QED) is 0.430. The van der Waals surface area contributed by atoms with Crippen molar-refractivity contribution in [3.63, 3.8) is 0 Å². The number of ether oxygens (including phenoxy) is 1. The van der Waals surface area contributed by atoms with Gasteiger partial charge in [0.05, 0.1) is 6.61 Å². The molecule has 0 spiro atoms. The molecule has 0 amide bonds. The second-order valence-electron chi connectivity index (χ2n) is 6.12. The van der Waals surface area contributed by atoms with Gasteiger partial charge in [0.15, 0.2) is 11.6 Å². The van der Waals surface area contributed by atoms with Crippen LogP contribution in [0.15, 0.2) is 72.8 Å². The van der Waals surface area contributed by atoms with Crippen LogP contribution in [0, 0.1) is 5.82 Å². The van der Waals surface area contributed by atoms with Crippen molar-refractivity contribution in [2.24, 2.45) is 0 Å². The fraction of sp³-hybridized carbons (Fsp3) is 0.0909. The Morgan fingerprint density at radius 1 is 0.821 bits per heavy atom. The van der Waals surface area contributed by atoms with Crippen molar-refractivity contribution in [2.45, 2.75) is 6.92 Å². The molecule has 0 atom stereocenters. The van der Waals surface area contributed by atoms with Crippen LogP contribution in [0.4, 0.5) is 4.39 Å². The predicted octanol–water partition coefficient (Wildman–Crippen LogP) is 5.79. The molecule has 0 aliphatic rings. The Morgan fingerprint density at radius 3 is 1.89 bits per heavy atom. The van der Waals surface area contributed by atoms with Crippen molar-refractivity contribution in [1.82, 2.24) is 14.8 Å². The fourth-order valence-corrected chi connectivity index (χ4v) is 3.08. The first-order chi connectivity index (χ1) is 13.7. The summed E-state index contributed by atoms with van der Waals surface area (Å²) in [5.41, 5.74) is 2.50. The molecule has 0 aliphatic carbocycles. The van der Waals surface area contributed by atoms with Gasteiger partial charge in [0.1, 0.15) is 11.6 Å². The second-order valence-corrected chi connectivity index (χ2v) is 6.56. The van der Waals surface area contributed by atoms with Crippen LogP contribution in [-0.2, 0) is 0 Å². The molecule has 6 heteroatoms. The highest BCUT2D eigenvalue weighted by Gasteiger charge is 2.17. The predicted molar refractivity (Wildman–Crippen MR) is 108 cm³/mol. The Bertz CT molecular complexity index is 1070. The van der Waals surface area contributed by atoms with Gasteiger partial charge in [0.25, 0.3) is 0 Å². The lowest BCUT2D eigenvalue weighted by atomic mass is 10.1. The summed E-state index contributed by atoms with van der Waals surface area (Å²) in [5.74, 6) is 1.79. The van der Waals surface area contributed by atoms with Gasteiger partial charge in [0, 0.05) is 21.8 Å². The van der Waals surface area contributed by atoms with Crippen molar-refractivity contribution >= 4 is 11.6 Å². The summed E-state index contributed by atoms with van der Waals surface area (Å²) < 4.78 is 20.9. The zero-order valence-electron chi connectivity index (χ0n) is 15.1. The van der Waals surface area contributed by atoms with Gasteiger partial charge >= 0.3 is 0 Å². The summed E-state index contributed by atoms with van der Waals surface area (Å²) in [6.45, 7) is 2.54. The summed E-state index contributed by atoms with van der Waals surface area (Å²) in [4.78, 5) is 0. The maximum atomic E-state index is 13.5. The molecule has 0 radical (unpaired) electrons. The summed E-state index contributed by atoms with van der Waals surface area (Å²) in [6, 6.07) is 21.3. The first kappa shape index (κ1) is 18.2. The average Bonchev–Trinajstić information content (AvgIpc) is 3.15. The van der Waals surface area contributed by atoms with Gasteiger partial charge in [-0.25, -0.2) is 4.39 Å². The molecular weight excluding hydrogens is 377 g/mol. The molecule has 1 aromatic heterocycles. The maximum absolute atomic E-state index is 13.5. The molecule has 0 saturated heterocycles. The number of benzene rings is 3. The van der Waals surface area contributed by atoms with E-state index in [4.69, 9.17) is 16.3 Å². The van der Waals surface area contributed by atoms with E-state index < -0.39 is 0 Å². The number of hydrogen-bond acceptors (Lipinski definition) is 3. The van der Waals surface area contributed by atoms with Gasteiger partial charge in [0.2, 0.25) is 0 Å². The van der Waals surface area contributed by atoms with E-state index >= 15 is 0 Å². The normalized spacial score (nSPS) is 10.8. The van der Waals surface area contributed by atoms with Gasteiger partial charge in [-0.3, -0.25) is 4.57 Å². The lowest BCUT2D eigenvalue weighted by molar-refractivity contribution is 0.340. The highest BCUT2D eigenvalue weighted by atomic mass is 35.5. The lowest BCUT2D eigenvalue weighted by Crippen LogP contribution is -2.00. The molecule has 0 aliphatic heterocycles. The highest BCUT2D eigenvalue weighted by molar-refractivity contribution is 6.30. The molecule has 140 valence electrons.